The molecule has 0 aromatic heterocycles. The van der Waals surface area contributed by atoms with Crippen molar-refractivity contribution in [1.29, 1.82) is 0 Å². The lowest BCUT2D eigenvalue weighted by Crippen LogP contribution is -2.25. The molecule has 19 heavy (non-hydrogen) atoms. The van der Waals surface area contributed by atoms with Crippen molar-refractivity contribution in [2.45, 2.75) is 46.6 Å². The molecule has 1 aliphatic rings. The van der Waals surface area contributed by atoms with Crippen LogP contribution in [0.5, 0.6) is 0 Å². The van der Waals surface area contributed by atoms with Gasteiger partial charge < -0.3 is 10.6 Å². The molecule has 0 fully saturated rings. The molecular formula is C16H24N2O. The molecule has 3 nitrogen and oxygen atoms in total. The standard InChI is InChI=1S/C16H24N2O/c1-5-17-14(10-16(2,3)4)11-6-7-13-12(8-11)9-15(19)18-13/h6-8,14,17H,5,9-10H2,1-4H3,(H,18,19). The van der Waals surface area contributed by atoms with Gasteiger partial charge in [-0.2, -0.15) is 0 Å². The Morgan fingerprint density at radius 2 is 2.11 bits per heavy atom. The number of rotatable bonds is 4. The van der Waals surface area contributed by atoms with E-state index in [4.69, 9.17) is 0 Å². The van der Waals surface area contributed by atoms with E-state index in [2.05, 4.69) is 50.5 Å². The lowest BCUT2D eigenvalue weighted by Gasteiger charge is -2.27. The maximum Gasteiger partial charge on any atom is 0.228 e. The van der Waals surface area contributed by atoms with Gasteiger partial charge in [0.2, 0.25) is 5.91 Å². The highest BCUT2D eigenvalue weighted by Gasteiger charge is 2.22. The van der Waals surface area contributed by atoms with Crippen LogP contribution in [0.25, 0.3) is 0 Å². The zero-order valence-electron chi connectivity index (χ0n) is 12.3. The SMILES string of the molecule is CCNC(CC(C)(C)C)c1ccc2c(c1)CC(=O)N2. The Kier molecular flexibility index (Phi) is 3.95. The number of nitrogens with one attached hydrogen (secondary N) is 2. The first-order valence-corrected chi connectivity index (χ1v) is 7.05. The van der Waals surface area contributed by atoms with Crippen molar-refractivity contribution < 1.29 is 4.79 Å². The van der Waals surface area contributed by atoms with Gasteiger partial charge in [0.1, 0.15) is 0 Å². The summed E-state index contributed by atoms with van der Waals surface area (Å²) < 4.78 is 0. The third-order valence-electron chi connectivity index (χ3n) is 3.42. The summed E-state index contributed by atoms with van der Waals surface area (Å²) in [7, 11) is 0. The minimum Gasteiger partial charge on any atom is -0.326 e. The first-order chi connectivity index (χ1) is 8.89. The average molecular weight is 260 g/mol. The summed E-state index contributed by atoms with van der Waals surface area (Å²) in [6.07, 6.45) is 1.60. The summed E-state index contributed by atoms with van der Waals surface area (Å²) in [4.78, 5) is 11.4. The van der Waals surface area contributed by atoms with Gasteiger partial charge >= 0.3 is 0 Å². The molecule has 0 aliphatic carbocycles. The molecule has 1 unspecified atom stereocenters. The van der Waals surface area contributed by atoms with Gasteiger partial charge in [-0.3, -0.25) is 4.79 Å². The van der Waals surface area contributed by atoms with E-state index >= 15 is 0 Å². The van der Waals surface area contributed by atoms with Crippen LogP contribution in [0.4, 0.5) is 5.69 Å². The van der Waals surface area contributed by atoms with E-state index in [0.29, 0.717) is 12.5 Å². The Labute approximate surface area is 115 Å². The summed E-state index contributed by atoms with van der Waals surface area (Å²) in [5.41, 5.74) is 3.66. The Morgan fingerprint density at radius 3 is 2.74 bits per heavy atom. The third-order valence-corrected chi connectivity index (χ3v) is 3.42. The molecule has 1 aromatic carbocycles. The van der Waals surface area contributed by atoms with E-state index < -0.39 is 0 Å². The number of hydrogen-bond donors (Lipinski definition) is 2. The van der Waals surface area contributed by atoms with Crippen LogP contribution in [0, 0.1) is 5.41 Å². The zero-order valence-corrected chi connectivity index (χ0v) is 12.3. The highest BCUT2D eigenvalue weighted by molar-refractivity contribution is 5.99. The van der Waals surface area contributed by atoms with Gasteiger partial charge in [-0.15, -0.1) is 0 Å². The largest absolute Gasteiger partial charge is 0.326 e. The molecule has 1 aliphatic heterocycles. The quantitative estimate of drug-likeness (QED) is 0.872. The number of hydrogen-bond acceptors (Lipinski definition) is 2. The molecule has 2 rings (SSSR count). The van der Waals surface area contributed by atoms with Gasteiger partial charge in [-0.25, -0.2) is 0 Å². The molecule has 1 atom stereocenters. The van der Waals surface area contributed by atoms with Crippen LogP contribution < -0.4 is 10.6 Å². The zero-order chi connectivity index (χ0) is 14.0. The predicted octanol–water partition coefficient (Wildman–Crippen LogP) is 3.27. The minimum absolute atomic E-state index is 0.1000. The second kappa shape index (κ2) is 5.33. The fourth-order valence-corrected chi connectivity index (χ4v) is 2.63. The maximum absolute atomic E-state index is 11.4. The normalized spacial score (nSPS) is 16.1. The summed E-state index contributed by atoms with van der Waals surface area (Å²) in [6, 6.07) is 6.68. The Balaban J connectivity index is 2.23. The molecule has 104 valence electrons. The van der Waals surface area contributed by atoms with E-state index in [1.165, 1.54) is 5.56 Å². The van der Waals surface area contributed by atoms with Gasteiger partial charge in [0.05, 0.1) is 6.42 Å². The summed E-state index contributed by atoms with van der Waals surface area (Å²) in [5.74, 6) is 0.1000. The molecule has 3 heteroatoms. The van der Waals surface area contributed by atoms with Crippen molar-refractivity contribution in [3.8, 4) is 0 Å². The van der Waals surface area contributed by atoms with Gasteiger partial charge in [-0.1, -0.05) is 39.8 Å². The van der Waals surface area contributed by atoms with Gasteiger partial charge in [0, 0.05) is 11.7 Å². The molecular weight excluding hydrogens is 236 g/mol. The van der Waals surface area contributed by atoms with Crippen molar-refractivity contribution in [2.75, 3.05) is 11.9 Å². The molecule has 0 bridgehead atoms. The van der Waals surface area contributed by atoms with Crippen molar-refractivity contribution in [3.63, 3.8) is 0 Å². The topological polar surface area (TPSA) is 41.1 Å². The lowest BCUT2D eigenvalue weighted by atomic mass is 9.85. The van der Waals surface area contributed by atoms with Crippen LogP contribution in [-0.2, 0) is 11.2 Å². The monoisotopic (exact) mass is 260 g/mol. The molecule has 0 radical (unpaired) electrons. The fraction of sp³-hybridized carbons (Fsp3) is 0.562. The van der Waals surface area contributed by atoms with Crippen LogP contribution in [0.1, 0.15) is 51.3 Å². The van der Waals surface area contributed by atoms with E-state index in [1.807, 2.05) is 6.07 Å². The second-order valence-corrected chi connectivity index (χ2v) is 6.52. The molecule has 1 aromatic rings. The molecule has 0 saturated heterocycles. The Bertz CT molecular complexity index is 474. The number of carbonyl (C=O) groups is 1. The number of amides is 1. The summed E-state index contributed by atoms with van der Waals surface area (Å²) in [6.45, 7) is 9.87. The highest BCUT2D eigenvalue weighted by Crippen LogP contribution is 2.32. The van der Waals surface area contributed by atoms with Crippen LogP contribution >= 0.6 is 0 Å². The van der Waals surface area contributed by atoms with E-state index in [1.54, 1.807) is 0 Å². The number of fused-ring (bicyclic) bond motifs is 1. The van der Waals surface area contributed by atoms with Crippen molar-refractivity contribution in [2.24, 2.45) is 5.41 Å². The van der Waals surface area contributed by atoms with E-state index in [9.17, 15) is 4.79 Å². The van der Waals surface area contributed by atoms with Crippen LogP contribution in [0.3, 0.4) is 0 Å². The summed E-state index contributed by atoms with van der Waals surface area (Å²) in [5, 5.41) is 6.44. The number of anilines is 1. The molecule has 2 N–H and O–H groups in total. The minimum atomic E-state index is 0.1000. The molecule has 1 heterocycles. The van der Waals surface area contributed by atoms with Crippen molar-refractivity contribution >= 4 is 11.6 Å². The number of benzene rings is 1. The first-order valence-electron chi connectivity index (χ1n) is 7.05. The van der Waals surface area contributed by atoms with Crippen molar-refractivity contribution in [1.82, 2.24) is 5.32 Å². The average Bonchev–Trinajstić information content (AvgIpc) is 2.65. The maximum atomic E-state index is 11.4. The van der Waals surface area contributed by atoms with E-state index in [-0.39, 0.29) is 11.3 Å². The highest BCUT2D eigenvalue weighted by atomic mass is 16.1. The van der Waals surface area contributed by atoms with Crippen molar-refractivity contribution in [3.05, 3.63) is 29.3 Å². The fourth-order valence-electron chi connectivity index (χ4n) is 2.63. The van der Waals surface area contributed by atoms with Gasteiger partial charge in [-0.05, 0) is 35.6 Å². The first kappa shape index (κ1) is 14.1. The lowest BCUT2D eigenvalue weighted by molar-refractivity contribution is -0.115. The van der Waals surface area contributed by atoms with Crippen LogP contribution in [0.15, 0.2) is 18.2 Å². The smallest absolute Gasteiger partial charge is 0.228 e. The van der Waals surface area contributed by atoms with Crippen LogP contribution in [-0.4, -0.2) is 12.5 Å². The molecule has 0 saturated carbocycles. The second-order valence-electron chi connectivity index (χ2n) is 6.52. The molecule has 0 spiro atoms. The Hall–Kier alpha value is -1.35. The van der Waals surface area contributed by atoms with Gasteiger partial charge in [0.15, 0.2) is 0 Å². The van der Waals surface area contributed by atoms with Gasteiger partial charge in [0.25, 0.3) is 0 Å². The molecule has 1 amide bonds. The Morgan fingerprint density at radius 1 is 1.37 bits per heavy atom. The number of carbonyl (C=O) groups excluding carboxylic acids is 1. The van der Waals surface area contributed by atoms with Crippen LogP contribution in [0.2, 0.25) is 0 Å². The summed E-state index contributed by atoms with van der Waals surface area (Å²) >= 11 is 0. The third kappa shape index (κ3) is 3.57. The predicted molar refractivity (Wildman–Crippen MR) is 79.3 cm³/mol. The van der Waals surface area contributed by atoms with E-state index in [0.717, 1.165) is 24.2 Å².